The molecule has 1 aliphatic rings. The van der Waals surface area contributed by atoms with Crippen molar-refractivity contribution < 1.29 is 23.9 Å². The fourth-order valence-electron chi connectivity index (χ4n) is 5.11. The van der Waals surface area contributed by atoms with Gasteiger partial charge in [0.15, 0.2) is 0 Å². The van der Waals surface area contributed by atoms with E-state index in [1.54, 1.807) is 4.90 Å². The van der Waals surface area contributed by atoms with E-state index in [9.17, 15) is 14.4 Å². The van der Waals surface area contributed by atoms with E-state index in [1.165, 1.54) is 0 Å². The first-order valence-corrected chi connectivity index (χ1v) is 15.0. The van der Waals surface area contributed by atoms with Gasteiger partial charge in [-0.05, 0) is 52.9 Å². The number of nitrogens with zero attached hydrogens (tertiary/aromatic N) is 1. The number of hydrogen-bond acceptors (Lipinski definition) is 5. The highest BCUT2D eigenvalue weighted by Gasteiger charge is 2.42. The number of rotatable bonds is 12. The first-order valence-electron chi connectivity index (χ1n) is 14.2. The van der Waals surface area contributed by atoms with Gasteiger partial charge in [0.05, 0.1) is 6.04 Å². The molecule has 0 unspecified atom stereocenters. The van der Waals surface area contributed by atoms with E-state index in [1.807, 2.05) is 109 Å². The van der Waals surface area contributed by atoms with Crippen molar-refractivity contribution >= 4 is 33.7 Å². The molecule has 0 aliphatic carbocycles. The molecule has 1 aliphatic heterocycles. The van der Waals surface area contributed by atoms with Crippen LogP contribution >= 0.6 is 15.9 Å². The molecule has 220 valence electrons. The predicted octanol–water partition coefficient (Wildman–Crippen LogP) is 6.37. The molecule has 1 saturated heterocycles. The van der Waals surface area contributed by atoms with Crippen LogP contribution in [0.25, 0.3) is 0 Å². The highest BCUT2D eigenvalue weighted by atomic mass is 79.9. The zero-order valence-corrected chi connectivity index (χ0v) is 25.2. The van der Waals surface area contributed by atoms with Gasteiger partial charge in [0, 0.05) is 23.4 Å². The predicted molar refractivity (Wildman–Crippen MR) is 167 cm³/mol. The molecule has 2 amide bonds. The Kier molecular flexibility index (Phi) is 10.2. The summed E-state index contributed by atoms with van der Waals surface area (Å²) in [5.74, 6) is -0.732. The average molecular weight is 642 g/mol. The zero-order valence-electron chi connectivity index (χ0n) is 23.7. The van der Waals surface area contributed by atoms with Crippen molar-refractivity contribution in [3.8, 4) is 5.75 Å². The topological polar surface area (TPSA) is 84.9 Å². The van der Waals surface area contributed by atoms with Crippen LogP contribution in [0, 0.1) is 5.92 Å². The summed E-state index contributed by atoms with van der Waals surface area (Å²) in [6.07, 6.45) is 0.500. The number of hydrogen-bond donors (Lipinski definition) is 1. The number of esters is 1. The lowest BCUT2D eigenvalue weighted by atomic mass is 9.97. The number of halogens is 1. The molecular weight excluding hydrogens is 608 g/mol. The van der Waals surface area contributed by atoms with Crippen LogP contribution in [-0.2, 0) is 38.9 Å². The van der Waals surface area contributed by atoms with Crippen molar-refractivity contribution in [1.82, 2.24) is 10.2 Å². The second-order valence-corrected chi connectivity index (χ2v) is 11.4. The Morgan fingerprint density at radius 2 is 1.42 bits per heavy atom. The molecule has 5 rings (SSSR count). The van der Waals surface area contributed by atoms with Gasteiger partial charge in [-0.2, -0.15) is 0 Å². The third kappa shape index (κ3) is 8.55. The number of benzene rings is 4. The smallest absolute Gasteiger partial charge is 0.325 e. The van der Waals surface area contributed by atoms with Crippen LogP contribution in [0.5, 0.6) is 5.75 Å². The average Bonchev–Trinajstić information content (AvgIpc) is 3.33. The minimum Gasteiger partial charge on any atom is -0.489 e. The highest BCUT2D eigenvalue weighted by molar-refractivity contribution is 9.10. The van der Waals surface area contributed by atoms with Gasteiger partial charge in [0.25, 0.3) is 0 Å². The van der Waals surface area contributed by atoms with Crippen molar-refractivity contribution in [2.24, 2.45) is 5.92 Å². The van der Waals surface area contributed by atoms with Crippen LogP contribution in [0.2, 0.25) is 0 Å². The quantitative estimate of drug-likeness (QED) is 0.182. The van der Waals surface area contributed by atoms with Gasteiger partial charge in [-0.25, -0.2) is 0 Å². The Balaban J connectivity index is 1.17. The van der Waals surface area contributed by atoms with Crippen molar-refractivity contribution in [3.05, 3.63) is 136 Å². The summed E-state index contributed by atoms with van der Waals surface area (Å²) in [4.78, 5) is 40.7. The zero-order chi connectivity index (χ0) is 30.0. The molecule has 0 spiro atoms. The van der Waals surface area contributed by atoms with Crippen LogP contribution in [0.4, 0.5) is 0 Å². The maximum Gasteiger partial charge on any atom is 0.325 e. The summed E-state index contributed by atoms with van der Waals surface area (Å²) in [6.45, 7) is 0.745. The van der Waals surface area contributed by atoms with E-state index >= 15 is 0 Å². The number of likely N-dealkylation sites (tertiary alicyclic amines) is 1. The molecule has 7 nitrogen and oxygen atoms in total. The fraction of sp³-hybridized carbons (Fsp3) is 0.229. The number of amides is 2. The molecule has 0 radical (unpaired) electrons. The van der Waals surface area contributed by atoms with Crippen molar-refractivity contribution in [2.75, 3.05) is 6.54 Å². The molecule has 1 fully saturated rings. The van der Waals surface area contributed by atoms with Gasteiger partial charge in [-0.15, -0.1) is 0 Å². The molecule has 0 saturated carbocycles. The first-order chi connectivity index (χ1) is 20.9. The van der Waals surface area contributed by atoms with Crippen molar-refractivity contribution in [1.29, 1.82) is 0 Å². The first kappa shape index (κ1) is 30.0. The van der Waals surface area contributed by atoms with E-state index in [0.717, 1.165) is 32.5 Å². The monoisotopic (exact) mass is 640 g/mol. The second-order valence-electron chi connectivity index (χ2n) is 10.5. The maximum atomic E-state index is 13.5. The van der Waals surface area contributed by atoms with Crippen LogP contribution in [0.15, 0.2) is 114 Å². The molecule has 1 heterocycles. The summed E-state index contributed by atoms with van der Waals surface area (Å²) in [5.41, 5.74) is 3.78. The van der Waals surface area contributed by atoms with Crippen molar-refractivity contribution in [2.45, 2.75) is 38.6 Å². The van der Waals surface area contributed by atoms with E-state index < -0.39 is 11.9 Å². The Morgan fingerprint density at radius 1 is 0.791 bits per heavy atom. The largest absolute Gasteiger partial charge is 0.489 e. The maximum absolute atomic E-state index is 13.5. The van der Waals surface area contributed by atoms with Gasteiger partial charge in [-0.1, -0.05) is 101 Å². The number of carbonyl (C=O) groups is 3. The minimum atomic E-state index is -0.527. The molecule has 0 bridgehead atoms. The van der Waals surface area contributed by atoms with Crippen LogP contribution in [-0.4, -0.2) is 29.2 Å². The van der Waals surface area contributed by atoms with Crippen molar-refractivity contribution in [3.63, 3.8) is 0 Å². The Labute approximate surface area is 260 Å². The van der Waals surface area contributed by atoms with Gasteiger partial charge >= 0.3 is 5.97 Å². The van der Waals surface area contributed by atoms with E-state index in [4.69, 9.17) is 9.47 Å². The third-order valence-corrected chi connectivity index (χ3v) is 7.94. The van der Waals surface area contributed by atoms with E-state index in [2.05, 4.69) is 21.2 Å². The fourth-order valence-corrected chi connectivity index (χ4v) is 5.37. The normalized spacial score (nSPS) is 16.1. The van der Waals surface area contributed by atoms with Gasteiger partial charge in [-0.3, -0.25) is 14.4 Å². The highest BCUT2D eigenvalue weighted by Crippen LogP contribution is 2.38. The molecule has 8 heteroatoms. The lowest BCUT2D eigenvalue weighted by molar-refractivity contribution is -0.150. The van der Waals surface area contributed by atoms with Crippen LogP contribution in [0.3, 0.4) is 0 Å². The molecule has 0 aromatic heterocycles. The Morgan fingerprint density at radius 3 is 2.09 bits per heavy atom. The summed E-state index contributed by atoms with van der Waals surface area (Å²) < 4.78 is 12.3. The number of carbonyl (C=O) groups excluding carboxylic acids is 3. The SMILES string of the molecule is O=C(C[C@H]1C[C@H](c2ccc(Br)cc2)N(CC(=O)OCc2ccc(OCc3ccccc3)cc2)C1=O)NCc1ccccc1. The molecule has 2 atom stereocenters. The molecular formula is C35H33BrN2O5. The van der Waals surface area contributed by atoms with Gasteiger partial charge in [0.1, 0.15) is 25.5 Å². The second kappa shape index (κ2) is 14.6. The van der Waals surface area contributed by atoms with Gasteiger partial charge in [0.2, 0.25) is 11.8 Å². The minimum absolute atomic E-state index is 0.0585. The third-order valence-electron chi connectivity index (χ3n) is 7.41. The molecule has 43 heavy (non-hydrogen) atoms. The Hall–Kier alpha value is -4.43. The summed E-state index contributed by atoms with van der Waals surface area (Å²) >= 11 is 3.45. The van der Waals surface area contributed by atoms with E-state index in [-0.39, 0.29) is 37.4 Å². The Bertz CT molecular complexity index is 1510. The lowest BCUT2D eigenvalue weighted by Gasteiger charge is -2.24. The summed E-state index contributed by atoms with van der Waals surface area (Å²) in [5, 5.41) is 2.91. The van der Waals surface area contributed by atoms with Crippen LogP contribution in [0.1, 0.15) is 41.1 Å². The lowest BCUT2D eigenvalue weighted by Crippen LogP contribution is -2.36. The number of nitrogens with one attached hydrogen (secondary N) is 1. The number of ether oxygens (including phenoxy) is 2. The van der Waals surface area contributed by atoms with Crippen LogP contribution < -0.4 is 10.1 Å². The van der Waals surface area contributed by atoms with Gasteiger partial charge < -0.3 is 19.7 Å². The standard InChI is InChI=1S/C35H33BrN2O5/c36-30-15-13-28(14-16-30)32-19-29(20-33(39)37-21-25-7-3-1-4-8-25)35(41)38(32)22-34(40)43-24-27-11-17-31(18-12-27)42-23-26-9-5-2-6-10-26/h1-18,29,32H,19-24H2,(H,37,39)/t29-,32-/m1/s1. The molecule has 4 aromatic carbocycles. The summed E-state index contributed by atoms with van der Waals surface area (Å²) in [7, 11) is 0. The molecule has 1 N–H and O–H groups in total. The summed E-state index contributed by atoms with van der Waals surface area (Å²) in [6, 6.07) is 34.3. The van der Waals surface area contributed by atoms with E-state index in [0.29, 0.717) is 19.6 Å². The molecule has 4 aromatic rings.